The zero-order valence-corrected chi connectivity index (χ0v) is 21.4. The molecule has 1 aliphatic rings. The number of hydrogen-bond acceptors (Lipinski definition) is 2. The highest BCUT2D eigenvalue weighted by Crippen LogP contribution is 2.23. The van der Waals surface area contributed by atoms with Crippen LogP contribution in [0.1, 0.15) is 22.3 Å². The van der Waals surface area contributed by atoms with E-state index >= 15 is 0 Å². The molecule has 0 radical (unpaired) electrons. The van der Waals surface area contributed by atoms with Crippen molar-refractivity contribution in [3.63, 3.8) is 0 Å². The standard InChI is InChI=1S/C28H18Cl4N2/c1-15-21(29)13-19-25(17-9-5-3-6-10-17)34-28-20(14-22(30)16(2)24(28)32)26(33-27(19)23(15)31)18-11-7-4-8-12-18/h3-14H,1-2H3/b25-19-,26-20-,33-26?,33-27+,34-25?,34-28+. The first kappa shape index (κ1) is 23.1. The molecule has 0 aromatic heterocycles. The molecule has 0 fully saturated rings. The van der Waals surface area contributed by atoms with Gasteiger partial charge in [0.2, 0.25) is 0 Å². The highest BCUT2D eigenvalue weighted by atomic mass is 35.5. The van der Waals surface area contributed by atoms with Crippen molar-refractivity contribution >= 4 is 57.8 Å². The zero-order valence-electron chi connectivity index (χ0n) is 18.3. The minimum absolute atomic E-state index is 0.479. The normalized spacial score (nSPS) is 17.9. The second-order valence-electron chi connectivity index (χ2n) is 8.04. The van der Waals surface area contributed by atoms with E-state index in [2.05, 4.69) is 0 Å². The van der Waals surface area contributed by atoms with Crippen LogP contribution >= 0.6 is 46.4 Å². The third-order valence-electron chi connectivity index (χ3n) is 5.90. The van der Waals surface area contributed by atoms with E-state index in [1.807, 2.05) is 86.6 Å². The van der Waals surface area contributed by atoms with Gasteiger partial charge in [-0.25, -0.2) is 9.98 Å². The molecule has 0 atom stereocenters. The van der Waals surface area contributed by atoms with Crippen LogP contribution in [0.4, 0.5) is 0 Å². The fraction of sp³-hybridized carbons (Fsp3) is 0.0714. The third kappa shape index (κ3) is 3.95. The van der Waals surface area contributed by atoms with Crippen LogP contribution in [0.3, 0.4) is 0 Å². The van der Waals surface area contributed by atoms with Crippen molar-refractivity contribution in [2.75, 3.05) is 0 Å². The summed E-state index contributed by atoms with van der Waals surface area (Å²) in [6.45, 7) is 3.76. The van der Waals surface area contributed by atoms with Gasteiger partial charge in [0.05, 0.1) is 32.2 Å². The molecule has 0 aliphatic carbocycles. The molecule has 4 aromatic carbocycles. The van der Waals surface area contributed by atoms with Crippen LogP contribution < -0.4 is 21.2 Å². The number of nitrogens with zero attached hydrogens (tertiary/aromatic N) is 2. The van der Waals surface area contributed by atoms with Crippen LogP contribution in [-0.4, -0.2) is 0 Å². The fourth-order valence-electron chi connectivity index (χ4n) is 3.96. The zero-order chi connectivity index (χ0) is 24.0. The molecule has 5 rings (SSSR count). The van der Waals surface area contributed by atoms with Gasteiger partial charge in [0.25, 0.3) is 0 Å². The molecule has 0 spiro atoms. The lowest BCUT2D eigenvalue weighted by Gasteiger charge is -2.13. The molecular weight excluding hydrogens is 506 g/mol. The summed E-state index contributed by atoms with van der Waals surface area (Å²) in [5.74, 6) is 0. The summed E-state index contributed by atoms with van der Waals surface area (Å²) in [5.41, 5.74) is 4.67. The first-order valence-electron chi connectivity index (χ1n) is 10.6. The van der Waals surface area contributed by atoms with Gasteiger partial charge in [0, 0.05) is 31.6 Å². The first-order chi connectivity index (χ1) is 16.4. The molecule has 4 aromatic rings. The Hall–Kier alpha value is -2.62. The summed E-state index contributed by atoms with van der Waals surface area (Å²) in [4.78, 5) is 10.3. The minimum Gasteiger partial charge on any atom is -0.245 e. The number of halogens is 4. The van der Waals surface area contributed by atoms with Crippen molar-refractivity contribution in [2.45, 2.75) is 13.8 Å². The highest BCUT2D eigenvalue weighted by Gasteiger charge is 2.17. The molecule has 0 saturated carbocycles. The predicted molar refractivity (Wildman–Crippen MR) is 142 cm³/mol. The average molecular weight is 524 g/mol. The van der Waals surface area contributed by atoms with Crippen molar-refractivity contribution in [3.8, 4) is 0 Å². The van der Waals surface area contributed by atoms with Gasteiger partial charge in [0.1, 0.15) is 0 Å². The van der Waals surface area contributed by atoms with E-state index in [1.54, 1.807) is 0 Å². The fourth-order valence-corrected chi connectivity index (χ4v) is 4.96. The van der Waals surface area contributed by atoms with Gasteiger partial charge < -0.3 is 0 Å². The number of fused-ring (bicyclic) bond motifs is 2. The molecule has 1 aliphatic heterocycles. The Labute approximate surface area is 217 Å². The van der Waals surface area contributed by atoms with E-state index in [0.717, 1.165) is 32.7 Å². The van der Waals surface area contributed by atoms with Crippen LogP contribution in [0.2, 0.25) is 20.1 Å². The van der Waals surface area contributed by atoms with Gasteiger partial charge >= 0.3 is 0 Å². The van der Waals surface area contributed by atoms with Crippen molar-refractivity contribution in [1.29, 1.82) is 0 Å². The van der Waals surface area contributed by atoms with E-state index in [0.29, 0.717) is 42.2 Å². The Bertz CT molecular complexity index is 1570. The summed E-state index contributed by atoms with van der Waals surface area (Å²) in [6.07, 6.45) is 0. The quantitative estimate of drug-likeness (QED) is 0.299. The molecular formula is C28H18Cl4N2. The van der Waals surface area contributed by atoms with Gasteiger partial charge in [-0.2, -0.15) is 0 Å². The van der Waals surface area contributed by atoms with Gasteiger partial charge in [-0.3, -0.25) is 0 Å². The molecule has 0 N–H and O–H groups in total. The number of rotatable bonds is 2. The van der Waals surface area contributed by atoms with Crippen LogP contribution in [0.5, 0.6) is 0 Å². The van der Waals surface area contributed by atoms with E-state index in [9.17, 15) is 0 Å². The lowest BCUT2D eigenvalue weighted by Crippen LogP contribution is -2.36. The highest BCUT2D eigenvalue weighted by molar-refractivity contribution is 6.36. The van der Waals surface area contributed by atoms with Gasteiger partial charge in [-0.15, -0.1) is 0 Å². The van der Waals surface area contributed by atoms with E-state index < -0.39 is 0 Å². The third-order valence-corrected chi connectivity index (χ3v) is 7.61. The summed E-state index contributed by atoms with van der Waals surface area (Å²) < 4.78 is 0. The largest absolute Gasteiger partial charge is 0.245 e. The Morgan fingerprint density at radius 3 is 1.24 bits per heavy atom. The Morgan fingerprint density at radius 2 is 0.882 bits per heavy atom. The topological polar surface area (TPSA) is 24.7 Å². The maximum absolute atomic E-state index is 6.86. The first-order valence-corrected chi connectivity index (χ1v) is 12.1. The monoisotopic (exact) mass is 522 g/mol. The van der Waals surface area contributed by atoms with E-state index in [4.69, 9.17) is 56.4 Å². The smallest absolute Gasteiger partial charge is 0.0921 e. The SMILES string of the molecule is Cc1c(Cl)cc2/c(c1Cl)=N\C(c1ccccc1)=c1\cc(Cl)c(C)c(Cl)\c1=N\C=2c1ccccc1. The summed E-state index contributed by atoms with van der Waals surface area (Å²) >= 11 is 26.9. The van der Waals surface area contributed by atoms with Crippen LogP contribution in [-0.2, 0) is 0 Å². The second-order valence-corrected chi connectivity index (χ2v) is 9.61. The minimum atomic E-state index is 0.479. The lowest BCUT2D eigenvalue weighted by molar-refractivity contribution is 1.18. The summed E-state index contributed by atoms with van der Waals surface area (Å²) in [5, 5.41) is 4.71. The van der Waals surface area contributed by atoms with Crippen LogP contribution in [0, 0.1) is 13.8 Å². The summed E-state index contributed by atoms with van der Waals surface area (Å²) in [7, 11) is 0. The average Bonchev–Trinajstić information content (AvgIpc) is 2.85. The van der Waals surface area contributed by atoms with E-state index in [-0.39, 0.29) is 0 Å². The van der Waals surface area contributed by atoms with Crippen molar-refractivity contribution in [3.05, 3.63) is 136 Å². The Morgan fingerprint density at radius 1 is 0.529 bits per heavy atom. The van der Waals surface area contributed by atoms with Gasteiger partial charge in [-0.1, -0.05) is 107 Å². The van der Waals surface area contributed by atoms with Crippen LogP contribution in [0.25, 0.3) is 11.4 Å². The maximum atomic E-state index is 6.86. The lowest BCUT2D eigenvalue weighted by atomic mass is 10.0. The number of hydrogen-bond donors (Lipinski definition) is 0. The van der Waals surface area contributed by atoms with Gasteiger partial charge in [0.15, 0.2) is 0 Å². The summed E-state index contributed by atoms with van der Waals surface area (Å²) in [6, 6.07) is 23.5. The molecule has 2 nitrogen and oxygen atoms in total. The Kier molecular flexibility index (Phi) is 6.26. The van der Waals surface area contributed by atoms with Crippen molar-refractivity contribution in [1.82, 2.24) is 0 Å². The van der Waals surface area contributed by atoms with E-state index in [1.165, 1.54) is 0 Å². The number of benzene rings is 4. The van der Waals surface area contributed by atoms with Crippen molar-refractivity contribution in [2.24, 2.45) is 9.98 Å². The maximum Gasteiger partial charge on any atom is 0.0921 e. The molecule has 0 bridgehead atoms. The van der Waals surface area contributed by atoms with Crippen LogP contribution in [0.15, 0.2) is 82.8 Å². The predicted octanol–water partition coefficient (Wildman–Crippen LogP) is 6.18. The molecule has 0 unspecified atom stereocenters. The Balaban J connectivity index is 2.12. The molecule has 1 heterocycles. The second kappa shape index (κ2) is 9.20. The molecule has 34 heavy (non-hydrogen) atoms. The molecule has 0 amide bonds. The molecule has 0 saturated heterocycles. The molecule has 168 valence electrons. The van der Waals surface area contributed by atoms with Gasteiger partial charge in [-0.05, 0) is 37.1 Å². The molecule has 6 heteroatoms. The van der Waals surface area contributed by atoms with Crippen molar-refractivity contribution < 1.29 is 0 Å².